The fourth-order valence-corrected chi connectivity index (χ4v) is 9.06. The van der Waals surface area contributed by atoms with E-state index in [1.807, 2.05) is 23.6 Å². The van der Waals surface area contributed by atoms with Gasteiger partial charge in [-0.3, -0.25) is 53.6 Å². The summed E-state index contributed by atoms with van der Waals surface area (Å²) >= 11 is 0. The molecule has 21 N–H and O–H groups in total. The standard InChI is InChI=1S/C54H79N17O12.C2H4O2/c1-29(2)20-38(45(75)63-37(12-8-18-60-52(56)57)51(81)71-19-9-13-43(71)50(80)69-70-53(58)82)65-49(79)42(27-83-54(3,4)5)68-46(76)39(21-30-14-16-33(73)17-15-30)66-48(78)41(26-72)67-47(77)40(22-31-24-61-36-11-7-6-10-34(31)36)64-44(74)35(55)23-32-25-59-28-62-32;1-2(3)4/h6-7,10-11,14-17,24-25,28-29,35,37-43,61,72-73H,8-9,12-13,18-23,26-27,55H2,1-5H3,(H,59,62)(H,63,75)(H,64,74)(H,65,79)(H,66,78)(H,67,77)(H,68,76)(H,69,80)(H4,56,57,60)(H3,58,70,82);1H3,(H,3,4)/t35-,37-,38-,39-,40-,41-,42+,43-;/m0./s1. The molecule has 476 valence electrons. The van der Waals surface area contributed by atoms with Gasteiger partial charge in [0.2, 0.25) is 41.4 Å². The van der Waals surface area contributed by atoms with Crippen LogP contribution in [0.2, 0.25) is 0 Å². The number of guanidine groups is 1. The number of carboxylic acid groups (broad SMARTS) is 1. The number of aromatic amines is 2. The molecule has 31 heteroatoms. The number of phenolic OH excluding ortho intramolecular Hbond substituents is 1. The van der Waals surface area contributed by atoms with Crippen molar-refractivity contribution in [2.24, 2.45) is 33.8 Å². The van der Waals surface area contributed by atoms with E-state index >= 15 is 0 Å². The van der Waals surface area contributed by atoms with Crippen LogP contribution in [0.3, 0.4) is 0 Å². The number of fused-ring (bicyclic) bond motifs is 1. The number of hydrogen-bond acceptors (Lipinski definition) is 16. The highest BCUT2D eigenvalue weighted by Gasteiger charge is 2.40. The lowest BCUT2D eigenvalue weighted by molar-refractivity contribution is -0.142. The van der Waals surface area contributed by atoms with E-state index in [9.17, 15) is 53.4 Å². The number of aromatic nitrogens is 3. The van der Waals surface area contributed by atoms with Crippen molar-refractivity contribution in [2.75, 3.05) is 26.3 Å². The van der Waals surface area contributed by atoms with E-state index in [0.29, 0.717) is 23.2 Å². The molecule has 8 atom stereocenters. The number of hydrazine groups is 1. The highest BCUT2D eigenvalue weighted by molar-refractivity contribution is 5.98. The summed E-state index contributed by atoms with van der Waals surface area (Å²) in [6.07, 6.45) is 5.18. The minimum Gasteiger partial charge on any atom is -0.508 e. The van der Waals surface area contributed by atoms with Crippen molar-refractivity contribution in [3.05, 3.63) is 84.1 Å². The molecule has 2 aromatic heterocycles. The van der Waals surface area contributed by atoms with E-state index < -0.39 is 126 Å². The fraction of sp³-hybridized carbons (Fsp3) is 0.500. The predicted octanol–water partition coefficient (Wildman–Crippen LogP) is -2.45. The van der Waals surface area contributed by atoms with Crippen molar-refractivity contribution in [2.45, 2.75) is 147 Å². The van der Waals surface area contributed by atoms with Crippen LogP contribution in [0.5, 0.6) is 5.75 Å². The third-order valence-corrected chi connectivity index (χ3v) is 13.3. The van der Waals surface area contributed by atoms with Gasteiger partial charge in [0.25, 0.3) is 11.9 Å². The number of urea groups is 1. The van der Waals surface area contributed by atoms with E-state index in [2.05, 4.69) is 57.3 Å². The summed E-state index contributed by atoms with van der Waals surface area (Å²) in [6, 6.07) is 1.00. The number of primary amides is 1. The second-order valence-electron chi connectivity index (χ2n) is 22.1. The van der Waals surface area contributed by atoms with E-state index in [-0.39, 0.29) is 75.7 Å². The summed E-state index contributed by atoms with van der Waals surface area (Å²) in [5.41, 5.74) is 28.1. The molecule has 3 heterocycles. The second-order valence-corrected chi connectivity index (χ2v) is 22.1. The van der Waals surface area contributed by atoms with Crippen LogP contribution in [0.25, 0.3) is 10.9 Å². The quantitative estimate of drug-likeness (QED) is 0.0116. The van der Waals surface area contributed by atoms with Gasteiger partial charge in [-0.05, 0) is 88.1 Å². The van der Waals surface area contributed by atoms with Crippen LogP contribution in [-0.4, -0.2) is 181 Å². The Morgan fingerprint density at radius 2 is 1.33 bits per heavy atom. The number of ether oxygens (including phenoxy) is 1. The van der Waals surface area contributed by atoms with E-state index in [0.717, 1.165) is 17.8 Å². The summed E-state index contributed by atoms with van der Waals surface area (Å²) in [5.74, 6) is -7.99. The molecule has 1 fully saturated rings. The van der Waals surface area contributed by atoms with Gasteiger partial charge in [-0.15, -0.1) is 0 Å². The number of likely N-dealkylation sites (tertiary alicyclic amines) is 1. The molecule has 0 spiro atoms. The molecule has 5 rings (SSSR count). The number of carbonyl (C=O) groups excluding carboxylic acids is 9. The number of aliphatic hydroxyl groups excluding tert-OH is 1. The third-order valence-electron chi connectivity index (χ3n) is 13.3. The number of aliphatic carboxylic acids is 1. The van der Waals surface area contributed by atoms with Gasteiger partial charge < -0.3 is 89.8 Å². The van der Waals surface area contributed by atoms with Gasteiger partial charge in [-0.2, -0.15) is 0 Å². The van der Waals surface area contributed by atoms with Crippen molar-refractivity contribution in [3.8, 4) is 5.75 Å². The molecule has 4 aromatic rings. The minimum absolute atomic E-state index is 0.00864. The number of nitrogens with two attached hydrogens (primary N) is 4. The number of benzene rings is 2. The van der Waals surface area contributed by atoms with Crippen LogP contribution in [0.15, 0.2) is 72.2 Å². The molecule has 1 saturated heterocycles. The summed E-state index contributed by atoms with van der Waals surface area (Å²) in [6.45, 7) is 8.55. The van der Waals surface area contributed by atoms with E-state index in [1.165, 1.54) is 41.7 Å². The SMILES string of the molecule is CC(=O)O.CC(C)C[C@H](NC(=O)[C@@H](COC(C)(C)C)NC(=O)[C@H](Cc1ccc(O)cc1)NC(=O)[C@H](CO)NC(=O)[C@H](Cc1c[nH]c2ccccc12)NC(=O)[C@@H](N)Cc1cnc[nH]1)C(=O)N[C@@H](CCCN=C(N)N)C(=O)N1CCC[C@H]1C(=O)NNC(N)=O. The average Bonchev–Trinajstić information content (AvgIpc) is 2.43. The number of H-pyrrole nitrogens is 2. The Labute approximate surface area is 502 Å². The van der Waals surface area contributed by atoms with Gasteiger partial charge in [-0.25, -0.2) is 15.2 Å². The minimum atomic E-state index is -1.72. The Bertz CT molecular complexity index is 2990. The van der Waals surface area contributed by atoms with Crippen molar-refractivity contribution in [1.29, 1.82) is 0 Å². The maximum atomic E-state index is 14.6. The number of nitrogens with zero attached hydrogens (tertiary/aromatic N) is 3. The molecule has 10 amide bonds. The number of rotatable bonds is 29. The van der Waals surface area contributed by atoms with Crippen LogP contribution in [0.1, 0.15) is 90.5 Å². The fourth-order valence-electron chi connectivity index (χ4n) is 9.06. The highest BCUT2D eigenvalue weighted by Crippen LogP contribution is 2.22. The molecular formula is C56H83N17O14. The molecule has 0 aliphatic carbocycles. The van der Waals surface area contributed by atoms with Crippen LogP contribution in [0, 0.1) is 5.92 Å². The highest BCUT2D eigenvalue weighted by atomic mass is 16.5. The van der Waals surface area contributed by atoms with Crippen LogP contribution < -0.4 is 65.7 Å². The van der Waals surface area contributed by atoms with Gasteiger partial charge in [0.1, 0.15) is 48.0 Å². The first kappa shape index (κ1) is 70.1. The number of imidazole rings is 1. The number of amides is 10. The summed E-state index contributed by atoms with van der Waals surface area (Å²) in [5, 5.41) is 44.8. The van der Waals surface area contributed by atoms with Gasteiger partial charge in [0.15, 0.2) is 5.96 Å². The van der Waals surface area contributed by atoms with Gasteiger partial charge in [0, 0.05) is 68.3 Å². The lowest BCUT2D eigenvalue weighted by Crippen LogP contribution is -2.62. The van der Waals surface area contributed by atoms with Crippen LogP contribution >= 0.6 is 0 Å². The zero-order valence-corrected chi connectivity index (χ0v) is 49.5. The zero-order chi connectivity index (χ0) is 64.5. The number of hydrogen-bond donors (Lipinski definition) is 17. The molecule has 0 radical (unpaired) electrons. The van der Waals surface area contributed by atoms with E-state index in [1.54, 1.807) is 46.9 Å². The molecule has 31 nitrogen and oxygen atoms in total. The van der Waals surface area contributed by atoms with Crippen LogP contribution in [0.4, 0.5) is 4.79 Å². The van der Waals surface area contributed by atoms with Gasteiger partial charge in [-0.1, -0.05) is 44.2 Å². The van der Waals surface area contributed by atoms with Crippen molar-refractivity contribution >= 4 is 76.1 Å². The number of aliphatic imine (C=N–C) groups is 1. The number of phenols is 1. The zero-order valence-electron chi connectivity index (χ0n) is 49.5. The third kappa shape index (κ3) is 23.9. The number of nitrogens with one attached hydrogen (secondary N) is 10. The van der Waals surface area contributed by atoms with Gasteiger partial charge >= 0.3 is 6.03 Å². The Morgan fingerprint density at radius 3 is 1.94 bits per heavy atom. The molecule has 1 aliphatic heterocycles. The second kappa shape index (κ2) is 34.0. The lowest BCUT2D eigenvalue weighted by atomic mass is 10.0. The molecule has 0 saturated carbocycles. The smallest absolute Gasteiger partial charge is 0.330 e. The number of carbonyl (C=O) groups is 10. The van der Waals surface area contributed by atoms with Crippen molar-refractivity contribution in [1.82, 2.24) is 62.6 Å². The maximum absolute atomic E-state index is 14.6. The largest absolute Gasteiger partial charge is 0.508 e. The topological polar surface area (TPSA) is 501 Å². The Hall–Kier alpha value is -9.36. The number of aliphatic hydroxyl groups is 1. The number of aromatic hydroxyl groups is 1. The Morgan fingerprint density at radius 1 is 0.759 bits per heavy atom. The lowest BCUT2D eigenvalue weighted by Gasteiger charge is -2.31. The molecule has 0 unspecified atom stereocenters. The molecule has 1 aliphatic rings. The van der Waals surface area contributed by atoms with Crippen molar-refractivity contribution < 1.29 is 68.0 Å². The van der Waals surface area contributed by atoms with E-state index in [4.69, 9.17) is 37.6 Å². The van der Waals surface area contributed by atoms with Gasteiger partial charge in [0.05, 0.1) is 31.2 Å². The average molecular weight is 1220 g/mol. The summed E-state index contributed by atoms with van der Waals surface area (Å²) < 4.78 is 6.01. The number of para-hydroxylation sites is 1. The monoisotopic (exact) mass is 1220 g/mol. The molecule has 2 aromatic carbocycles. The van der Waals surface area contributed by atoms with Crippen molar-refractivity contribution in [3.63, 3.8) is 0 Å². The normalized spacial score (nSPS) is 15.3. The van der Waals surface area contributed by atoms with Crippen LogP contribution in [-0.2, 0) is 67.2 Å². The number of carboxylic acids is 1. The summed E-state index contributed by atoms with van der Waals surface area (Å²) in [7, 11) is 0. The maximum Gasteiger partial charge on any atom is 0.330 e. The Kier molecular flexibility index (Phi) is 27.4. The first-order valence-electron chi connectivity index (χ1n) is 28.1. The first-order chi connectivity index (χ1) is 41.0. The predicted molar refractivity (Wildman–Crippen MR) is 317 cm³/mol. The summed E-state index contributed by atoms with van der Waals surface area (Å²) in [4.78, 5) is 148. The molecule has 87 heavy (non-hydrogen) atoms. The molecule has 0 bridgehead atoms. The first-order valence-corrected chi connectivity index (χ1v) is 28.1. The Balaban J connectivity index is 0.00000392. The molecular weight excluding hydrogens is 1130 g/mol.